The fourth-order valence-electron chi connectivity index (χ4n) is 3.09. The van der Waals surface area contributed by atoms with Crippen molar-refractivity contribution in [2.24, 2.45) is 5.92 Å². The summed E-state index contributed by atoms with van der Waals surface area (Å²) in [6.07, 6.45) is 14.8. The van der Waals surface area contributed by atoms with Crippen LogP contribution in [0.2, 0.25) is 0 Å². The Labute approximate surface area is 99.1 Å². The van der Waals surface area contributed by atoms with Crippen molar-refractivity contribution in [1.29, 1.82) is 0 Å². The highest BCUT2D eigenvalue weighted by Gasteiger charge is 2.24. The molecule has 0 radical (unpaired) electrons. The van der Waals surface area contributed by atoms with E-state index in [1.54, 1.807) is 0 Å². The molecule has 92 valence electrons. The fraction of sp³-hybridized carbons (Fsp3) is 0.857. The first-order chi connectivity index (χ1) is 7.90. The third kappa shape index (κ3) is 3.33. The zero-order valence-electron chi connectivity index (χ0n) is 10.2. The van der Waals surface area contributed by atoms with Crippen LogP contribution >= 0.6 is 0 Å². The first-order valence-corrected chi connectivity index (χ1v) is 6.92. The van der Waals surface area contributed by atoms with Crippen molar-refractivity contribution in [3.8, 4) is 0 Å². The summed E-state index contributed by atoms with van der Waals surface area (Å²) in [7, 11) is 0. The van der Waals surface area contributed by atoms with E-state index in [0.29, 0.717) is 24.6 Å². The molecule has 16 heavy (non-hydrogen) atoms. The Bertz CT molecular complexity index is 221. The van der Waals surface area contributed by atoms with Crippen molar-refractivity contribution < 1.29 is 5.11 Å². The van der Waals surface area contributed by atoms with E-state index in [0.717, 1.165) is 6.42 Å². The van der Waals surface area contributed by atoms with Gasteiger partial charge in [-0.05, 0) is 38.0 Å². The van der Waals surface area contributed by atoms with Gasteiger partial charge in [-0.3, -0.25) is 0 Å². The molecular formula is C14H25NO. The normalized spacial score (nSPS) is 29.2. The second-order valence-corrected chi connectivity index (χ2v) is 5.34. The summed E-state index contributed by atoms with van der Waals surface area (Å²) in [5.41, 5.74) is 0. The van der Waals surface area contributed by atoms with Gasteiger partial charge in [0, 0.05) is 12.1 Å². The largest absolute Gasteiger partial charge is 0.395 e. The van der Waals surface area contributed by atoms with E-state index in [9.17, 15) is 5.11 Å². The summed E-state index contributed by atoms with van der Waals surface area (Å²) in [6.45, 7) is 0.301. The minimum absolute atomic E-state index is 0.301. The van der Waals surface area contributed by atoms with Crippen LogP contribution in [-0.4, -0.2) is 23.8 Å². The van der Waals surface area contributed by atoms with Crippen LogP contribution in [0.5, 0.6) is 0 Å². The first-order valence-electron chi connectivity index (χ1n) is 6.92. The Balaban J connectivity index is 1.81. The highest BCUT2D eigenvalue weighted by molar-refractivity contribution is 4.94. The maximum Gasteiger partial charge on any atom is 0.0587 e. The summed E-state index contributed by atoms with van der Waals surface area (Å²) in [6, 6.07) is 0.991. The zero-order valence-corrected chi connectivity index (χ0v) is 10.2. The Morgan fingerprint density at radius 1 is 1.12 bits per heavy atom. The Kier molecular flexibility index (Phi) is 4.86. The topological polar surface area (TPSA) is 32.3 Å². The van der Waals surface area contributed by atoms with Gasteiger partial charge < -0.3 is 10.4 Å². The number of rotatable bonds is 4. The van der Waals surface area contributed by atoms with Gasteiger partial charge in [0.25, 0.3) is 0 Å². The lowest BCUT2D eigenvalue weighted by atomic mass is 9.86. The number of aliphatic hydroxyl groups is 1. The minimum atomic E-state index is 0.301. The quantitative estimate of drug-likeness (QED) is 0.718. The molecule has 1 saturated carbocycles. The van der Waals surface area contributed by atoms with Crippen LogP contribution in [0.1, 0.15) is 51.4 Å². The molecule has 0 saturated heterocycles. The highest BCUT2D eigenvalue weighted by Crippen LogP contribution is 2.24. The van der Waals surface area contributed by atoms with E-state index < -0.39 is 0 Å². The zero-order chi connectivity index (χ0) is 11.2. The van der Waals surface area contributed by atoms with E-state index in [-0.39, 0.29) is 0 Å². The monoisotopic (exact) mass is 223 g/mol. The fourth-order valence-corrected chi connectivity index (χ4v) is 3.09. The molecule has 2 heteroatoms. The number of hydrogen-bond donors (Lipinski definition) is 2. The van der Waals surface area contributed by atoms with Crippen molar-refractivity contribution >= 4 is 0 Å². The third-order valence-corrected chi connectivity index (χ3v) is 4.13. The number of hydrogen-bond acceptors (Lipinski definition) is 2. The lowest BCUT2D eigenvalue weighted by molar-refractivity contribution is 0.169. The Morgan fingerprint density at radius 2 is 1.94 bits per heavy atom. The molecule has 0 bridgehead atoms. The first kappa shape index (κ1) is 12.1. The molecule has 1 fully saturated rings. The maximum atomic E-state index is 9.52. The van der Waals surface area contributed by atoms with Crippen LogP contribution in [0.4, 0.5) is 0 Å². The van der Waals surface area contributed by atoms with E-state index in [1.807, 2.05) is 0 Å². The minimum Gasteiger partial charge on any atom is -0.395 e. The van der Waals surface area contributed by atoms with Crippen LogP contribution in [0, 0.1) is 5.92 Å². The smallest absolute Gasteiger partial charge is 0.0587 e. The molecule has 0 aromatic heterocycles. The molecule has 0 aromatic carbocycles. The van der Waals surface area contributed by atoms with Crippen LogP contribution in [-0.2, 0) is 0 Å². The molecular weight excluding hydrogens is 198 g/mol. The van der Waals surface area contributed by atoms with Gasteiger partial charge >= 0.3 is 0 Å². The Hall–Kier alpha value is -0.340. The molecule has 2 nitrogen and oxygen atoms in total. The second kappa shape index (κ2) is 6.41. The number of nitrogens with one attached hydrogen (secondary N) is 1. The molecule has 0 amide bonds. The summed E-state index contributed by atoms with van der Waals surface area (Å²) in [4.78, 5) is 0. The molecule has 0 aromatic rings. The van der Waals surface area contributed by atoms with Gasteiger partial charge in [0.2, 0.25) is 0 Å². The average Bonchev–Trinajstić information content (AvgIpc) is 2.38. The van der Waals surface area contributed by atoms with E-state index in [2.05, 4.69) is 17.5 Å². The average molecular weight is 223 g/mol. The van der Waals surface area contributed by atoms with Crippen LogP contribution < -0.4 is 5.32 Å². The van der Waals surface area contributed by atoms with Crippen molar-refractivity contribution in [3.05, 3.63) is 12.2 Å². The van der Waals surface area contributed by atoms with Crippen LogP contribution in [0.3, 0.4) is 0 Å². The molecule has 0 spiro atoms. The number of aliphatic hydroxyl groups excluding tert-OH is 1. The Morgan fingerprint density at radius 3 is 2.56 bits per heavy atom. The highest BCUT2D eigenvalue weighted by atomic mass is 16.3. The second-order valence-electron chi connectivity index (χ2n) is 5.34. The molecule has 0 heterocycles. The van der Waals surface area contributed by atoms with Crippen LogP contribution in [0.15, 0.2) is 12.2 Å². The van der Waals surface area contributed by atoms with Gasteiger partial charge in [0.05, 0.1) is 6.61 Å². The van der Waals surface area contributed by atoms with Gasteiger partial charge in [-0.2, -0.15) is 0 Å². The summed E-state index contributed by atoms with van der Waals surface area (Å²) < 4.78 is 0. The third-order valence-electron chi connectivity index (χ3n) is 4.13. The van der Waals surface area contributed by atoms with E-state index >= 15 is 0 Å². The molecule has 2 atom stereocenters. The van der Waals surface area contributed by atoms with E-state index in [4.69, 9.17) is 0 Å². The SMILES string of the molecule is OCC(NC1CCCCC1)C1CC=CCC1. The van der Waals surface area contributed by atoms with Crippen molar-refractivity contribution in [2.45, 2.75) is 63.5 Å². The lowest BCUT2D eigenvalue weighted by Crippen LogP contribution is -2.46. The number of allylic oxidation sites excluding steroid dienone is 2. The molecule has 2 N–H and O–H groups in total. The molecule has 2 aliphatic carbocycles. The van der Waals surface area contributed by atoms with Gasteiger partial charge in [-0.1, -0.05) is 31.4 Å². The van der Waals surface area contributed by atoms with Crippen molar-refractivity contribution in [1.82, 2.24) is 5.32 Å². The molecule has 2 rings (SSSR count). The van der Waals surface area contributed by atoms with Crippen molar-refractivity contribution in [2.75, 3.05) is 6.61 Å². The van der Waals surface area contributed by atoms with Gasteiger partial charge in [-0.15, -0.1) is 0 Å². The summed E-state index contributed by atoms with van der Waals surface area (Å²) in [5, 5.41) is 13.2. The maximum absolute atomic E-state index is 9.52. The standard InChI is InChI=1S/C14H25NO/c16-11-14(12-7-3-1-4-8-12)15-13-9-5-2-6-10-13/h1,3,12-16H,2,4-11H2. The molecule has 2 aliphatic rings. The van der Waals surface area contributed by atoms with Gasteiger partial charge in [-0.25, -0.2) is 0 Å². The molecule has 2 unspecified atom stereocenters. The van der Waals surface area contributed by atoms with Crippen LogP contribution in [0.25, 0.3) is 0 Å². The molecule has 0 aliphatic heterocycles. The van der Waals surface area contributed by atoms with Gasteiger partial charge in [0.15, 0.2) is 0 Å². The summed E-state index contributed by atoms with van der Waals surface area (Å²) >= 11 is 0. The van der Waals surface area contributed by atoms with Crippen molar-refractivity contribution in [3.63, 3.8) is 0 Å². The van der Waals surface area contributed by atoms with E-state index in [1.165, 1.54) is 44.9 Å². The predicted molar refractivity (Wildman–Crippen MR) is 67.4 cm³/mol. The predicted octanol–water partition coefficient (Wildman–Crippen LogP) is 2.63. The lowest BCUT2D eigenvalue weighted by Gasteiger charge is -2.33. The van der Waals surface area contributed by atoms with Gasteiger partial charge in [0.1, 0.15) is 0 Å². The summed E-state index contributed by atoms with van der Waals surface area (Å²) in [5.74, 6) is 0.650.